The van der Waals surface area contributed by atoms with Gasteiger partial charge < -0.3 is 0 Å². The number of amides is 1. The summed E-state index contributed by atoms with van der Waals surface area (Å²) < 4.78 is 0.885. The normalized spacial score (nSPS) is 18.2. The van der Waals surface area contributed by atoms with E-state index >= 15 is 0 Å². The van der Waals surface area contributed by atoms with Crippen LogP contribution in [0.5, 0.6) is 0 Å². The van der Waals surface area contributed by atoms with Gasteiger partial charge in [0.25, 0.3) is 0 Å². The number of hydrogen-bond acceptors (Lipinski definition) is 7. The number of likely N-dealkylation sites (tertiary alicyclic amines) is 1. The lowest BCUT2D eigenvalue weighted by molar-refractivity contribution is -0.117. The number of nitrogens with one attached hydrogen (secondary N) is 1. The van der Waals surface area contributed by atoms with Crippen molar-refractivity contribution < 1.29 is 4.79 Å². The summed E-state index contributed by atoms with van der Waals surface area (Å²) in [6.07, 6.45) is 3.94. The summed E-state index contributed by atoms with van der Waals surface area (Å²) in [4.78, 5) is 18.9. The molecular weight excluding hydrogens is 330 g/mol. The van der Waals surface area contributed by atoms with E-state index in [0.717, 1.165) is 35.2 Å². The van der Waals surface area contributed by atoms with Crippen LogP contribution in [0.2, 0.25) is 0 Å². The second-order valence-electron chi connectivity index (χ2n) is 5.24. The maximum absolute atomic E-state index is 12.3. The molecule has 3 heterocycles. The molecule has 1 fully saturated rings. The molecule has 6 nitrogen and oxygen atoms in total. The molecule has 0 unspecified atom stereocenters. The van der Waals surface area contributed by atoms with Crippen LogP contribution in [0.3, 0.4) is 0 Å². The summed E-state index contributed by atoms with van der Waals surface area (Å²) >= 11 is 3.05. The largest absolute Gasteiger partial charge is 0.299 e. The number of pyridine rings is 1. The van der Waals surface area contributed by atoms with E-state index in [1.54, 1.807) is 18.0 Å². The highest BCUT2D eigenvalue weighted by Crippen LogP contribution is 2.30. The first-order valence-corrected chi connectivity index (χ1v) is 9.47. The Morgan fingerprint density at radius 2 is 2.39 bits per heavy atom. The molecule has 1 saturated heterocycles. The summed E-state index contributed by atoms with van der Waals surface area (Å²) in [6.45, 7) is 3.34. The number of thioether (sulfide) groups is 1. The lowest BCUT2D eigenvalue weighted by Gasteiger charge is -2.22. The van der Waals surface area contributed by atoms with E-state index in [0.29, 0.717) is 11.7 Å². The van der Waals surface area contributed by atoms with Crippen LogP contribution in [-0.4, -0.2) is 44.8 Å². The predicted octanol–water partition coefficient (Wildman–Crippen LogP) is 2.82. The minimum absolute atomic E-state index is 0.0444. The van der Waals surface area contributed by atoms with Gasteiger partial charge in [-0.2, -0.15) is 0 Å². The van der Waals surface area contributed by atoms with Crippen molar-refractivity contribution in [3.05, 3.63) is 30.1 Å². The van der Waals surface area contributed by atoms with Gasteiger partial charge in [-0.25, -0.2) is 0 Å². The van der Waals surface area contributed by atoms with E-state index in [-0.39, 0.29) is 11.9 Å². The monoisotopic (exact) mass is 349 g/mol. The molecule has 1 amide bonds. The minimum Gasteiger partial charge on any atom is -0.299 e. The van der Waals surface area contributed by atoms with Crippen LogP contribution in [0.15, 0.2) is 28.7 Å². The molecule has 1 aliphatic rings. The molecular formula is C15H19N5OS2. The van der Waals surface area contributed by atoms with Gasteiger partial charge in [0.2, 0.25) is 11.0 Å². The van der Waals surface area contributed by atoms with E-state index in [4.69, 9.17) is 0 Å². The van der Waals surface area contributed by atoms with Crippen LogP contribution in [0.1, 0.15) is 31.5 Å². The molecule has 1 atom stereocenters. The van der Waals surface area contributed by atoms with Crippen molar-refractivity contribution >= 4 is 34.1 Å². The van der Waals surface area contributed by atoms with E-state index in [9.17, 15) is 4.79 Å². The molecule has 0 aromatic carbocycles. The molecule has 122 valence electrons. The van der Waals surface area contributed by atoms with Gasteiger partial charge in [-0.3, -0.25) is 20.0 Å². The van der Waals surface area contributed by atoms with Gasteiger partial charge in [0.15, 0.2) is 4.34 Å². The maximum atomic E-state index is 12.3. The smallest absolute Gasteiger partial charge is 0.240 e. The van der Waals surface area contributed by atoms with Crippen molar-refractivity contribution in [2.75, 3.05) is 24.2 Å². The van der Waals surface area contributed by atoms with Crippen LogP contribution in [-0.2, 0) is 4.79 Å². The first-order chi connectivity index (χ1) is 11.3. The first kappa shape index (κ1) is 16.4. The molecule has 23 heavy (non-hydrogen) atoms. The lowest BCUT2D eigenvalue weighted by Crippen LogP contribution is -2.33. The zero-order valence-corrected chi connectivity index (χ0v) is 14.6. The van der Waals surface area contributed by atoms with Crippen LogP contribution in [0.25, 0.3) is 0 Å². The fraction of sp³-hybridized carbons (Fsp3) is 0.467. The summed E-state index contributed by atoms with van der Waals surface area (Å²) in [7, 11) is 0. The Balaban J connectivity index is 1.58. The Bertz CT molecular complexity index is 648. The molecule has 0 saturated carbocycles. The standard InChI is InChI=1S/C15H19N5OS2/c1-2-22-15-19-18-14(23-15)17-13(21)10-20-9-5-7-12(20)11-6-3-4-8-16-11/h3-4,6,8,12H,2,5,7,9-10H2,1H3,(H,17,18,21)/t12-/m1/s1. The highest BCUT2D eigenvalue weighted by molar-refractivity contribution is 8.01. The zero-order chi connectivity index (χ0) is 16.1. The van der Waals surface area contributed by atoms with Gasteiger partial charge in [0.1, 0.15) is 0 Å². The van der Waals surface area contributed by atoms with Crippen molar-refractivity contribution in [3.63, 3.8) is 0 Å². The van der Waals surface area contributed by atoms with Gasteiger partial charge in [-0.05, 0) is 37.3 Å². The fourth-order valence-electron chi connectivity index (χ4n) is 2.71. The number of aromatic nitrogens is 3. The molecule has 0 bridgehead atoms. The summed E-state index contributed by atoms with van der Waals surface area (Å²) in [5, 5.41) is 11.5. The topological polar surface area (TPSA) is 71.0 Å². The average Bonchev–Trinajstić information content (AvgIpc) is 3.18. The van der Waals surface area contributed by atoms with Crippen molar-refractivity contribution in [1.29, 1.82) is 0 Å². The average molecular weight is 349 g/mol. The number of hydrogen-bond donors (Lipinski definition) is 1. The highest BCUT2D eigenvalue weighted by atomic mass is 32.2. The van der Waals surface area contributed by atoms with Gasteiger partial charge >= 0.3 is 0 Å². The number of rotatable bonds is 6. The zero-order valence-electron chi connectivity index (χ0n) is 12.9. The third-order valence-corrected chi connectivity index (χ3v) is 5.51. The lowest BCUT2D eigenvalue weighted by atomic mass is 10.1. The molecule has 0 radical (unpaired) electrons. The van der Waals surface area contributed by atoms with Gasteiger partial charge in [-0.15, -0.1) is 10.2 Å². The van der Waals surface area contributed by atoms with Crippen LogP contribution < -0.4 is 5.32 Å². The second kappa shape index (κ2) is 7.85. The maximum Gasteiger partial charge on any atom is 0.240 e. The Morgan fingerprint density at radius 3 is 3.17 bits per heavy atom. The molecule has 1 N–H and O–H groups in total. The number of carbonyl (C=O) groups excluding carboxylic acids is 1. The Morgan fingerprint density at radius 1 is 1.48 bits per heavy atom. The minimum atomic E-state index is -0.0444. The fourth-order valence-corrected chi connectivity index (χ4v) is 4.37. The molecule has 8 heteroatoms. The molecule has 2 aromatic rings. The van der Waals surface area contributed by atoms with Crippen LogP contribution in [0.4, 0.5) is 5.13 Å². The third-order valence-electron chi connectivity index (χ3n) is 3.66. The molecule has 0 spiro atoms. The summed E-state index contributed by atoms with van der Waals surface area (Å²) in [5.41, 5.74) is 1.04. The molecule has 1 aliphatic heterocycles. The first-order valence-electron chi connectivity index (χ1n) is 7.67. The van der Waals surface area contributed by atoms with E-state index in [1.165, 1.54) is 11.3 Å². The van der Waals surface area contributed by atoms with E-state index in [1.807, 2.05) is 18.2 Å². The van der Waals surface area contributed by atoms with Gasteiger partial charge in [0, 0.05) is 6.20 Å². The number of nitrogens with zero attached hydrogens (tertiary/aromatic N) is 4. The molecule has 2 aromatic heterocycles. The second-order valence-corrected chi connectivity index (χ2v) is 7.73. The third kappa shape index (κ3) is 4.27. The number of carbonyl (C=O) groups is 1. The molecule has 0 aliphatic carbocycles. The van der Waals surface area contributed by atoms with Crippen LogP contribution >= 0.6 is 23.1 Å². The SMILES string of the molecule is CCSc1nnc(NC(=O)CN2CCC[C@@H]2c2ccccn2)s1. The van der Waals surface area contributed by atoms with Gasteiger partial charge in [-0.1, -0.05) is 36.1 Å². The molecule has 3 rings (SSSR count). The van der Waals surface area contributed by atoms with Crippen LogP contribution in [0, 0.1) is 0 Å². The van der Waals surface area contributed by atoms with Crippen molar-refractivity contribution in [3.8, 4) is 0 Å². The Kier molecular flexibility index (Phi) is 5.58. The Hall–Kier alpha value is -1.51. The highest BCUT2D eigenvalue weighted by Gasteiger charge is 2.28. The van der Waals surface area contributed by atoms with E-state index in [2.05, 4.69) is 32.3 Å². The van der Waals surface area contributed by atoms with E-state index < -0.39 is 0 Å². The quantitative estimate of drug-likeness (QED) is 0.639. The van der Waals surface area contributed by atoms with Crippen molar-refractivity contribution in [2.45, 2.75) is 30.1 Å². The summed E-state index contributed by atoms with van der Waals surface area (Å²) in [6, 6.07) is 6.16. The van der Waals surface area contributed by atoms with Crippen molar-refractivity contribution in [2.24, 2.45) is 0 Å². The Labute approximate surface area is 143 Å². The number of anilines is 1. The summed E-state index contributed by atoms with van der Waals surface area (Å²) in [5.74, 6) is 0.902. The van der Waals surface area contributed by atoms with Gasteiger partial charge in [0.05, 0.1) is 18.3 Å². The predicted molar refractivity (Wildman–Crippen MR) is 92.7 cm³/mol. The van der Waals surface area contributed by atoms with Crippen molar-refractivity contribution in [1.82, 2.24) is 20.1 Å².